The Kier molecular flexibility index (Phi) is 4.32. The Balaban J connectivity index is 1.94. The monoisotopic (exact) mass is 274 g/mol. The average Bonchev–Trinajstić information content (AvgIpc) is 2.86. The molecule has 2 aromatic rings. The molecule has 0 unspecified atom stereocenters. The molecule has 0 saturated heterocycles. The predicted octanol–water partition coefficient (Wildman–Crippen LogP) is 3.50. The van der Waals surface area contributed by atoms with Crippen molar-refractivity contribution in [2.45, 2.75) is 33.2 Å². The Hall–Kier alpha value is -1.68. The summed E-state index contributed by atoms with van der Waals surface area (Å²) in [6, 6.07) is 7.56. The van der Waals surface area contributed by atoms with Crippen molar-refractivity contribution >= 4 is 17.2 Å². The van der Waals surface area contributed by atoms with E-state index in [0.717, 1.165) is 16.3 Å². The van der Waals surface area contributed by atoms with Gasteiger partial charge in [0.1, 0.15) is 0 Å². The fourth-order valence-electron chi connectivity index (χ4n) is 1.65. The summed E-state index contributed by atoms with van der Waals surface area (Å²) in [6.07, 6.45) is 0. The summed E-state index contributed by atoms with van der Waals surface area (Å²) < 4.78 is 0. The molecule has 0 bridgehead atoms. The van der Waals surface area contributed by atoms with Crippen LogP contribution in [0.4, 0.5) is 0 Å². The first-order valence-electron chi connectivity index (χ1n) is 6.35. The number of hydrogen-bond donors (Lipinski definition) is 1. The molecule has 0 spiro atoms. The summed E-state index contributed by atoms with van der Waals surface area (Å²) in [5.74, 6) is 0.380. The molecule has 1 heterocycles. The fourth-order valence-corrected chi connectivity index (χ4v) is 2.48. The van der Waals surface area contributed by atoms with Crippen molar-refractivity contribution in [1.82, 2.24) is 10.3 Å². The number of hydrogen-bond acceptors (Lipinski definition) is 3. The largest absolute Gasteiger partial charge is 0.346 e. The maximum atomic E-state index is 11.9. The van der Waals surface area contributed by atoms with E-state index in [0.29, 0.717) is 18.0 Å². The van der Waals surface area contributed by atoms with Gasteiger partial charge in [-0.1, -0.05) is 31.5 Å². The third-order valence-electron chi connectivity index (χ3n) is 2.81. The van der Waals surface area contributed by atoms with Gasteiger partial charge in [-0.2, -0.15) is 0 Å². The van der Waals surface area contributed by atoms with Gasteiger partial charge < -0.3 is 5.32 Å². The first-order chi connectivity index (χ1) is 9.06. The summed E-state index contributed by atoms with van der Waals surface area (Å²) in [5, 5.41) is 6.01. The van der Waals surface area contributed by atoms with Crippen LogP contribution in [0.3, 0.4) is 0 Å². The molecule has 1 aromatic heterocycles. The lowest BCUT2D eigenvalue weighted by Crippen LogP contribution is -2.22. The number of benzene rings is 1. The summed E-state index contributed by atoms with van der Waals surface area (Å²) in [7, 11) is 0. The molecule has 3 nitrogen and oxygen atoms in total. The van der Waals surface area contributed by atoms with E-state index in [9.17, 15) is 4.79 Å². The lowest BCUT2D eigenvalue weighted by atomic mass is 10.1. The zero-order valence-corrected chi connectivity index (χ0v) is 12.3. The molecule has 0 radical (unpaired) electrons. The van der Waals surface area contributed by atoms with Gasteiger partial charge in [0.2, 0.25) is 0 Å². The van der Waals surface area contributed by atoms with Crippen molar-refractivity contribution < 1.29 is 4.79 Å². The number of amides is 1. The van der Waals surface area contributed by atoms with Crippen molar-refractivity contribution in [2.75, 3.05) is 0 Å². The van der Waals surface area contributed by atoms with Crippen LogP contribution in [-0.2, 0) is 6.54 Å². The Bertz CT molecular complexity index is 558. The van der Waals surface area contributed by atoms with Gasteiger partial charge in [0.05, 0.1) is 17.2 Å². The Labute approximate surface area is 117 Å². The van der Waals surface area contributed by atoms with E-state index in [1.165, 1.54) is 0 Å². The van der Waals surface area contributed by atoms with Gasteiger partial charge in [-0.3, -0.25) is 4.79 Å². The quantitative estimate of drug-likeness (QED) is 0.927. The number of rotatable bonds is 4. The predicted molar refractivity (Wildman–Crippen MR) is 78.6 cm³/mol. The van der Waals surface area contributed by atoms with Gasteiger partial charge in [0, 0.05) is 16.9 Å². The molecule has 0 aliphatic carbocycles. The zero-order valence-electron chi connectivity index (χ0n) is 11.4. The van der Waals surface area contributed by atoms with Gasteiger partial charge in [-0.25, -0.2) is 4.98 Å². The second-order valence-corrected chi connectivity index (χ2v) is 5.77. The van der Waals surface area contributed by atoms with Gasteiger partial charge in [0.25, 0.3) is 5.91 Å². The molecule has 0 atom stereocenters. The smallest absolute Gasteiger partial charge is 0.251 e. The number of nitrogens with one attached hydrogen (secondary N) is 1. The summed E-state index contributed by atoms with van der Waals surface area (Å²) >= 11 is 1.64. The van der Waals surface area contributed by atoms with E-state index >= 15 is 0 Å². The molecule has 0 aliphatic rings. The van der Waals surface area contributed by atoms with Crippen LogP contribution in [-0.4, -0.2) is 10.9 Å². The van der Waals surface area contributed by atoms with Crippen LogP contribution in [0, 0.1) is 6.92 Å². The summed E-state index contributed by atoms with van der Waals surface area (Å²) in [5.41, 5.74) is 2.76. The number of aromatic nitrogens is 1. The highest BCUT2D eigenvalue weighted by atomic mass is 32.1. The zero-order chi connectivity index (χ0) is 13.8. The van der Waals surface area contributed by atoms with Crippen LogP contribution in [0.25, 0.3) is 0 Å². The molecule has 1 N–H and O–H groups in total. The van der Waals surface area contributed by atoms with Gasteiger partial charge in [0.15, 0.2) is 0 Å². The number of aryl methyl sites for hydroxylation is 1. The van der Waals surface area contributed by atoms with E-state index in [-0.39, 0.29) is 5.91 Å². The third-order valence-corrected chi connectivity index (χ3v) is 4.00. The number of carbonyl (C=O) groups excluding carboxylic acids is 1. The van der Waals surface area contributed by atoms with E-state index < -0.39 is 0 Å². The molecule has 19 heavy (non-hydrogen) atoms. The molecule has 1 aromatic carbocycles. The molecular formula is C15H18N2OS. The van der Waals surface area contributed by atoms with Crippen LogP contribution in [0.15, 0.2) is 29.6 Å². The van der Waals surface area contributed by atoms with E-state index in [1.807, 2.05) is 36.6 Å². The minimum atomic E-state index is -0.0564. The van der Waals surface area contributed by atoms with Gasteiger partial charge in [-0.15, -0.1) is 11.3 Å². The van der Waals surface area contributed by atoms with Crippen molar-refractivity contribution in [3.05, 3.63) is 51.5 Å². The topological polar surface area (TPSA) is 42.0 Å². The van der Waals surface area contributed by atoms with Crippen LogP contribution < -0.4 is 5.32 Å². The Morgan fingerprint density at radius 1 is 1.32 bits per heavy atom. The SMILES string of the molecule is Cc1ccc(C(=O)NCc2csc(C(C)C)n2)cc1. The minimum Gasteiger partial charge on any atom is -0.346 e. The maximum Gasteiger partial charge on any atom is 0.251 e. The molecule has 1 amide bonds. The molecule has 4 heteroatoms. The van der Waals surface area contributed by atoms with Crippen LogP contribution in [0.1, 0.15) is 46.4 Å². The maximum absolute atomic E-state index is 11.9. The van der Waals surface area contributed by atoms with Gasteiger partial charge >= 0.3 is 0 Å². The van der Waals surface area contributed by atoms with Gasteiger partial charge in [-0.05, 0) is 19.1 Å². The first-order valence-corrected chi connectivity index (χ1v) is 7.23. The molecule has 0 saturated carbocycles. The molecular weight excluding hydrogens is 256 g/mol. The molecule has 2 rings (SSSR count). The number of nitrogens with zero attached hydrogens (tertiary/aromatic N) is 1. The van der Waals surface area contributed by atoms with Crippen molar-refractivity contribution in [1.29, 1.82) is 0 Å². The minimum absolute atomic E-state index is 0.0564. The normalized spacial score (nSPS) is 10.7. The summed E-state index contributed by atoms with van der Waals surface area (Å²) in [4.78, 5) is 16.4. The summed E-state index contributed by atoms with van der Waals surface area (Å²) in [6.45, 7) is 6.72. The Morgan fingerprint density at radius 3 is 2.58 bits per heavy atom. The van der Waals surface area contributed by atoms with E-state index in [2.05, 4.69) is 24.1 Å². The van der Waals surface area contributed by atoms with E-state index in [4.69, 9.17) is 0 Å². The second-order valence-electron chi connectivity index (χ2n) is 4.88. The molecule has 0 aliphatic heterocycles. The van der Waals surface area contributed by atoms with E-state index in [1.54, 1.807) is 11.3 Å². The molecule has 0 fully saturated rings. The van der Waals surface area contributed by atoms with Crippen molar-refractivity contribution in [3.8, 4) is 0 Å². The lowest BCUT2D eigenvalue weighted by molar-refractivity contribution is 0.0950. The van der Waals surface area contributed by atoms with Crippen LogP contribution in [0.5, 0.6) is 0 Å². The third kappa shape index (κ3) is 3.64. The second kappa shape index (κ2) is 5.97. The average molecular weight is 274 g/mol. The standard InChI is InChI=1S/C15H18N2OS/c1-10(2)15-17-13(9-19-15)8-16-14(18)12-6-4-11(3)5-7-12/h4-7,9-10H,8H2,1-3H3,(H,16,18). The highest BCUT2D eigenvalue weighted by molar-refractivity contribution is 7.09. The lowest BCUT2D eigenvalue weighted by Gasteiger charge is -2.04. The molecule has 100 valence electrons. The van der Waals surface area contributed by atoms with Crippen molar-refractivity contribution in [3.63, 3.8) is 0 Å². The number of carbonyl (C=O) groups is 1. The highest BCUT2D eigenvalue weighted by Gasteiger charge is 2.08. The highest BCUT2D eigenvalue weighted by Crippen LogP contribution is 2.19. The number of thiazole rings is 1. The van der Waals surface area contributed by atoms with Crippen LogP contribution >= 0.6 is 11.3 Å². The van der Waals surface area contributed by atoms with Crippen LogP contribution in [0.2, 0.25) is 0 Å². The first kappa shape index (κ1) is 13.7. The van der Waals surface area contributed by atoms with Crippen molar-refractivity contribution in [2.24, 2.45) is 0 Å². The fraction of sp³-hybridized carbons (Fsp3) is 0.333. The Morgan fingerprint density at radius 2 is 2.00 bits per heavy atom.